The van der Waals surface area contributed by atoms with Crippen LogP contribution in [-0.4, -0.2) is 71.8 Å². The van der Waals surface area contributed by atoms with Crippen LogP contribution < -0.4 is 16.0 Å². The Kier molecular flexibility index (Phi) is 10.9. The van der Waals surface area contributed by atoms with Gasteiger partial charge >= 0.3 is 6.09 Å². The van der Waals surface area contributed by atoms with E-state index in [0.29, 0.717) is 25.3 Å². The molecule has 1 aliphatic heterocycles. The number of amides is 4. The van der Waals surface area contributed by atoms with Gasteiger partial charge in [-0.25, -0.2) is 4.79 Å². The number of Topliss-reactive ketones (excluding diaryl/α,β-unsaturated/α-hetero) is 1. The van der Waals surface area contributed by atoms with E-state index in [4.69, 9.17) is 4.74 Å². The van der Waals surface area contributed by atoms with Gasteiger partial charge in [-0.15, -0.1) is 6.58 Å². The number of ketones is 1. The van der Waals surface area contributed by atoms with Gasteiger partial charge in [0, 0.05) is 13.1 Å². The number of carbonyl (C=O) groups excluding carboxylic acids is 5. The lowest BCUT2D eigenvalue weighted by molar-refractivity contribution is -0.145. The van der Waals surface area contributed by atoms with Gasteiger partial charge in [0.15, 0.2) is 0 Å². The fourth-order valence-electron chi connectivity index (χ4n) is 7.76. The predicted molar refractivity (Wildman–Crippen MR) is 163 cm³/mol. The minimum atomic E-state index is -0.980. The maximum absolute atomic E-state index is 14.3. The topological polar surface area (TPSA) is 134 Å². The third-order valence-electron chi connectivity index (χ3n) is 10.5. The maximum atomic E-state index is 14.3. The number of fused-ring (bicyclic) bond motifs is 1. The number of nitrogens with one attached hydrogen (secondary N) is 3. The van der Waals surface area contributed by atoms with Crippen LogP contribution in [0, 0.1) is 29.1 Å². The molecule has 0 radical (unpaired) electrons. The van der Waals surface area contributed by atoms with Crippen LogP contribution in [0.5, 0.6) is 0 Å². The Bertz CT molecular complexity index is 1070. The molecule has 0 aromatic rings. The first-order valence-corrected chi connectivity index (χ1v) is 16.5. The molecule has 0 aromatic carbocycles. The van der Waals surface area contributed by atoms with E-state index in [2.05, 4.69) is 43.3 Å². The maximum Gasteiger partial charge on any atom is 0.408 e. The summed E-state index contributed by atoms with van der Waals surface area (Å²) in [5.74, 6) is -1.57. The van der Waals surface area contributed by atoms with Gasteiger partial charge in [0.1, 0.15) is 18.2 Å². The fourth-order valence-corrected chi connectivity index (χ4v) is 7.76. The van der Waals surface area contributed by atoms with E-state index in [-0.39, 0.29) is 41.7 Å². The zero-order valence-corrected chi connectivity index (χ0v) is 26.5. The summed E-state index contributed by atoms with van der Waals surface area (Å²) in [5, 5.41) is 8.31. The number of rotatable bonds is 13. The van der Waals surface area contributed by atoms with Gasteiger partial charge in [-0.2, -0.15) is 0 Å². The second-order valence-corrected chi connectivity index (χ2v) is 13.9. The summed E-state index contributed by atoms with van der Waals surface area (Å²) in [7, 11) is 0. The Balaban J connectivity index is 1.52. The molecule has 0 bridgehead atoms. The van der Waals surface area contributed by atoms with Crippen molar-refractivity contribution in [2.45, 2.75) is 123 Å². The Morgan fingerprint density at radius 3 is 2.40 bits per heavy atom. The molecular weight excluding hydrogens is 548 g/mol. The van der Waals surface area contributed by atoms with Crippen molar-refractivity contribution in [2.24, 2.45) is 29.1 Å². The number of hydrogen-bond acceptors (Lipinski definition) is 6. The van der Waals surface area contributed by atoms with E-state index in [1.165, 1.54) is 6.08 Å². The van der Waals surface area contributed by atoms with E-state index in [1.54, 1.807) is 4.90 Å². The lowest BCUT2D eigenvalue weighted by Crippen LogP contribution is -2.59. The number of unbranched alkanes of at least 4 members (excludes halogenated alkanes) is 1. The van der Waals surface area contributed by atoms with Crippen molar-refractivity contribution in [3.05, 3.63) is 12.7 Å². The molecular formula is C33H52N4O6. The lowest BCUT2D eigenvalue weighted by Gasteiger charge is -2.37. The first-order valence-electron chi connectivity index (χ1n) is 16.5. The van der Waals surface area contributed by atoms with Crippen molar-refractivity contribution in [3.8, 4) is 0 Å². The second kappa shape index (κ2) is 14.2. The van der Waals surface area contributed by atoms with Crippen molar-refractivity contribution < 1.29 is 28.7 Å². The highest BCUT2D eigenvalue weighted by atomic mass is 16.6. The normalized spacial score (nSPS) is 29.1. The molecule has 1 saturated heterocycles. The molecule has 10 heteroatoms. The van der Waals surface area contributed by atoms with E-state index in [1.807, 2.05) is 6.92 Å². The molecule has 1 heterocycles. The highest BCUT2D eigenvalue weighted by Crippen LogP contribution is 2.65. The third kappa shape index (κ3) is 7.60. The number of nitrogens with zero attached hydrogens (tertiary/aromatic N) is 1. The van der Waals surface area contributed by atoms with Gasteiger partial charge in [-0.1, -0.05) is 65.9 Å². The number of likely N-dealkylation sites (tertiary alicyclic amines) is 1. The summed E-state index contributed by atoms with van der Waals surface area (Å²) < 4.78 is 5.74. The zero-order chi connectivity index (χ0) is 31.3. The highest BCUT2D eigenvalue weighted by molar-refractivity contribution is 6.38. The Labute approximate surface area is 256 Å². The smallest absolute Gasteiger partial charge is 0.408 e. The monoisotopic (exact) mass is 600 g/mol. The highest BCUT2D eigenvalue weighted by Gasteiger charge is 2.69. The van der Waals surface area contributed by atoms with Crippen LogP contribution in [0.3, 0.4) is 0 Å². The largest absolute Gasteiger partial charge is 0.446 e. The Morgan fingerprint density at radius 2 is 1.77 bits per heavy atom. The average Bonchev–Trinajstić information content (AvgIpc) is 3.33. The molecule has 43 heavy (non-hydrogen) atoms. The molecule has 240 valence electrons. The molecule has 0 spiro atoms. The van der Waals surface area contributed by atoms with Crippen molar-refractivity contribution in [3.63, 3.8) is 0 Å². The third-order valence-corrected chi connectivity index (χ3v) is 10.5. The van der Waals surface area contributed by atoms with Gasteiger partial charge in [-0.05, 0) is 67.6 Å². The minimum Gasteiger partial charge on any atom is -0.446 e. The summed E-state index contributed by atoms with van der Waals surface area (Å²) >= 11 is 0. The van der Waals surface area contributed by atoms with Crippen LogP contribution in [0.4, 0.5) is 4.79 Å². The van der Waals surface area contributed by atoms with E-state index >= 15 is 0 Å². The summed E-state index contributed by atoms with van der Waals surface area (Å²) in [4.78, 5) is 68.5. The minimum absolute atomic E-state index is 0.0302. The summed E-state index contributed by atoms with van der Waals surface area (Å²) in [5.41, 5.74) is -0.130. The Morgan fingerprint density at radius 1 is 1.05 bits per heavy atom. The second-order valence-electron chi connectivity index (χ2n) is 13.9. The first-order chi connectivity index (χ1) is 20.5. The number of carbonyl (C=O) groups is 5. The van der Waals surface area contributed by atoms with E-state index < -0.39 is 41.8 Å². The fraction of sp³-hybridized carbons (Fsp3) is 0.788. The zero-order valence-electron chi connectivity index (χ0n) is 26.5. The van der Waals surface area contributed by atoms with Gasteiger partial charge in [0.2, 0.25) is 17.6 Å². The quantitative estimate of drug-likeness (QED) is 0.217. The van der Waals surface area contributed by atoms with Crippen molar-refractivity contribution >= 4 is 29.6 Å². The van der Waals surface area contributed by atoms with Crippen molar-refractivity contribution in [2.75, 3.05) is 13.1 Å². The molecule has 4 aliphatic rings. The van der Waals surface area contributed by atoms with Crippen LogP contribution in [0.1, 0.15) is 98.3 Å². The predicted octanol–water partition coefficient (Wildman–Crippen LogP) is 3.88. The van der Waals surface area contributed by atoms with Crippen LogP contribution >= 0.6 is 0 Å². The first kappa shape index (κ1) is 33.0. The van der Waals surface area contributed by atoms with E-state index in [9.17, 15) is 24.0 Å². The van der Waals surface area contributed by atoms with Crippen LogP contribution in [-0.2, 0) is 23.9 Å². The van der Waals surface area contributed by atoms with Gasteiger partial charge in [-0.3, -0.25) is 19.2 Å². The van der Waals surface area contributed by atoms with Crippen LogP contribution in [0.15, 0.2) is 12.7 Å². The molecule has 3 unspecified atom stereocenters. The summed E-state index contributed by atoms with van der Waals surface area (Å²) in [6, 6.07) is -2.53. The lowest BCUT2D eigenvalue weighted by atomic mass is 9.83. The van der Waals surface area contributed by atoms with Crippen molar-refractivity contribution in [1.82, 2.24) is 20.9 Å². The Hall–Kier alpha value is -2.91. The molecule has 7 atom stereocenters. The van der Waals surface area contributed by atoms with Gasteiger partial charge in [0.05, 0.1) is 6.04 Å². The number of alkyl carbamates (subject to hydrolysis) is 1. The number of piperidine rings is 1. The molecule has 3 saturated carbocycles. The SMILES string of the molecule is C=CCNC(=O)C(=O)C(CCCC)NC(=O)[C@@H]1[C@@H]2[C@H](CN1C(=O)[C@@H](NC(=O)OC1CCC(C)C1)C1CCCCC1)C2(C)C. The average molecular weight is 601 g/mol. The molecule has 4 fully saturated rings. The number of ether oxygens (including phenoxy) is 1. The van der Waals surface area contributed by atoms with E-state index in [0.717, 1.165) is 57.8 Å². The van der Waals surface area contributed by atoms with Crippen LogP contribution in [0.25, 0.3) is 0 Å². The molecule has 4 amide bonds. The number of hydrogen-bond donors (Lipinski definition) is 3. The standard InChI is InChI=1S/C33H52N4O6/c1-6-8-14-24(28(38)30(40)34-17-7-2)35-29(39)27-25-23(33(25,4)5)19-37(27)31(41)26(21-12-10-9-11-13-21)36-32(42)43-22-16-15-20(3)18-22/h7,20-27H,2,6,8-19H2,1,3-5H3,(H,34,40)(H,35,39)(H,36,42)/t20?,22?,23-,24?,25-,26-,27-/m0/s1. The van der Waals surface area contributed by atoms with Gasteiger partial charge < -0.3 is 25.6 Å². The molecule has 0 aromatic heterocycles. The summed E-state index contributed by atoms with van der Waals surface area (Å²) in [6.45, 7) is 12.5. The molecule has 10 nitrogen and oxygen atoms in total. The molecule has 3 N–H and O–H groups in total. The van der Waals surface area contributed by atoms with Gasteiger partial charge in [0.25, 0.3) is 5.91 Å². The van der Waals surface area contributed by atoms with Crippen molar-refractivity contribution in [1.29, 1.82) is 0 Å². The molecule has 3 aliphatic carbocycles. The van der Waals surface area contributed by atoms with Crippen LogP contribution in [0.2, 0.25) is 0 Å². The molecule has 4 rings (SSSR count). The summed E-state index contributed by atoms with van der Waals surface area (Å²) in [6.07, 6.45) is 9.97.